The van der Waals surface area contributed by atoms with E-state index in [-0.39, 0.29) is 5.41 Å². The highest BCUT2D eigenvalue weighted by Crippen LogP contribution is 2.61. The van der Waals surface area contributed by atoms with Gasteiger partial charge in [-0.05, 0) is 68.4 Å². The first-order valence-corrected chi connectivity index (χ1v) is 13.5. The fourth-order valence-corrected chi connectivity index (χ4v) is 8.51. The summed E-state index contributed by atoms with van der Waals surface area (Å²) in [5.74, 6) is 3.18. The molecule has 6 nitrogen and oxygen atoms in total. The van der Waals surface area contributed by atoms with Gasteiger partial charge in [0.1, 0.15) is 11.3 Å². The van der Waals surface area contributed by atoms with Crippen LogP contribution in [0.2, 0.25) is 5.02 Å². The third-order valence-electron chi connectivity index (χ3n) is 8.38. The zero-order chi connectivity index (χ0) is 22.6. The maximum absolute atomic E-state index is 14.4. The van der Waals surface area contributed by atoms with Gasteiger partial charge in [0, 0.05) is 26.2 Å². The van der Waals surface area contributed by atoms with Gasteiger partial charge >= 0.3 is 0 Å². The largest absolute Gasteiger partial charge is 0.494 e. The number of amides is 1. The molecule has 1 aromatic carbocycles. The molecular formula is C25H32ClN3O3S. The second-order valence-corrected chi connectivity index (χ2v) is 11.9. The monoisotopic (exact) mass is 489 g/mol. The van der Waals surface area contributed by atoms with Crippen LogP contribution in [0.3, 0.4) is 0 Å². The van der Waals surface area contributed by atoms with Crippen molar-refractivity contribution in [2.75, 3.05) is 51.4 Å². The summed E-state index contributed by atoms with van der Waals surface area (Å²) < 4.78 is 12.0. The van der Waals surface area contributed by atoms with E-state index in [1.165, 1.54) is 30.6 Å². The molecule has 0 radical (unpaired) electrons. The van der Waals surface area contributed by atoms with E-state index in [4.69, 9.17) is 26.1 Å². The van der Waals surface area contributed by atoms with Crippen molar-refractivity contribution < 1.29 is 14.3 Å². The summed E-state index contributed by atoms with van der Waals surface area (Å²) >= 11 is 8.05. The number of rotatable bonds is 6. The van der Waals surface area contributed by atoms with E-state index >= 15 is 0 Å². The van der Waals surface area contributed by atoms with E-state index < -0.39 is 0 Å². The number of anilines is 1. The van der Waals surface area contributed by atoms with Gasteiger partial charge in [-0.25, -0.2) is 4.98 Å². The van der Waals surface area contributed by atoms with Crippen molar-refractivity contribution in [3.8, 4) is 5.75 Å². The van der Waals surface area contributed by atoms with Gasteiger partial charge < -0.3 is 9.47 Å². The Labute approximate surface area is 204 Å². The van der Waals surface area contributed by atoms with E-state index in [0.29, 0.717) is 23.2 Å². The Morgan fingerprint density at radius 2 is 1.88 bits per heavy atom. The normalized spacial score (nSPS) is 31.3. The second kappa shape index (κ2) is 8.67. The van der Waals surface area contributed by atoms with Crippen molar-refractivity contribution in [1.82, 2.24) is 9.88 Å². The average Bonchev–Trinajstić information content (AvgIpc) is 3.25. The van der Waals surface area contributed by atoms with Crippen molar-refractivity contribution in [2.45, 2.75) is 38.5 Å². The molecule has 1 aliphatic heterocycles. The van der Waals surface area contributed by atoms with E-state index in [1.54, 1.807) is 7.11 Å². The number of fused-ring (bicyclic) bond motifs is 1. The molecule has 0 spiro atoms. The number of methoxy groups -OCH3 is 1. The van der Waals surface area contributed by atoms with E-state index in [0.717, 1.165) is 85.2 Å². The van der Waals surface area contributed by atoms with Gasteiger partial charge in [-0.1, -0.05) is 22.9 Å². The fourth-order valence-electron chi connectivity index (χ4n) is 7.23. The Hall–Kier alpha value is -1.41. The van der Waals surface area contributed by atoms with E-state index in [1.807, 2.05) is 17.0 Å². The summed E-state index contributed by atoms with van der Waals surface area (Å²) in [5.41, 5.74) is 0.547. The van der Waals surface area contributed by atoms with E-state index in [9.17, 15) is 4.79 Å². The van der Waals surface area contributed by atoms with Crippen LogP contribution in [0.5, 0.6) is 5.75 Å². The zero-order valence-electron chi connectivity index (χ0n) is 19.2. The number of hydrogen-bond donors (Lipinski definition) is 0. The number of thiazole rings is 1. The number of carbonyl (C=O) groups is 1. The third kappa shape index (κ3) is 3.95. The molecule has 2 heterocycles. The van der Waals surface area contributed by atoms with Crippen LogP contribution in [0.4, 0.5) is 5.13 Å². The molecule has 0 N–H and O–H groups in total. The van der Waals surface area contributed by atoms with Gasteiger partial charge in [0.25, 0.3) is 0 Å². The molecule has 178 valence electrons. The topological polar surface area (TPSA) is 54.9 Å². The number of nitrogens with zero attached hydrogens (tertiary/aromatic N) is 3. The van der Waals surface area contributed by atoms with Gasteiger partial charge in [-0.3, -0.25) is 14.6 Å². The summed E-state index contributed by atoms with van der Waals surface area (Å²) in [6.45, 7) is 4.84. The van der Waals surface area contributed by atoms with Crippen LogP contribution >= 0.6 is 22.9 Å². The van der Waals surface area contributed by atoms with Gasteiger partial charge in [0.2, 0.25) is 5.91 Å². The minimum absolute atomic E-state index is 0.203. The highest BCUT2D eigenvalue weighted by atomic mass is 35.5. The standard InChI is InChI=1S/C25H32ClN3O3S/c1-31-20-3-2-19(26)22-21(20)27-24(33-22)29(5-4-28-6-8-32-9-7-28)23(30)25-13-16-10-17(14-25)12-18(11-16)15-25/h2-3,16-18H,4-15H2,1H3. The van der Waals surface area contributed by atoms with Crippen LogP contribution < -0.4 is 9.64 Å². The number of aromatic nitrogens is 1. The minimum Gasteiger partial charge on any atom is -0.494 e. The molecule has 7 rings (SSSR count). The van der Waals surface area contributed by atoms with Crippen molar-refractivity contribution in [2.24, 2.45) is 23.2 Å². The first-order valence-electron chi connectivity index (χ1n) is 12.3. The Morgan fingerprint density at radius 1 is 1.21 bits per heavy atom. The molecule has 5 aliphatic rings. The predicted molar refractivity (Wildman–Crippen MR) is 131 cm³/mol. The molecule has 0 unspecified atom stereocenters. The van der Waals surface area contributed by atoms with Crippen LogP contribution in [-0.4, -0.2) is 62.3 Å². The minimum atomic E-state index is -0.203. The molecule has 1 aromatic heterocycles. The van der Waals surface area contributed by atoms with Crippen molar-refractivity contribution >= 4 is 44.2 Å². The molecule has 1 saturated heterocycles. The Kier molecular flexibility index (Phi) is 5.80. The predicted octanol–water partition coefficient (Wildman–Crippen LogP) is 4.84. The molecule has 5 fully saturated rings. The lowest BCUT2D eigenvalue weighted by molar-refractivity contribution is -0.143. The highest BCUT2D eigenvalue weighted by Gasteiger charge is 2.56. The van der Waals surface area contributed by atoms with Gasteiger partial charge in [-0.2, -0.15) is 0 Å². The molecule has 33 heavy (non-hydrogen) atoms. The number of carbonyl (C=O) groups excluding carboxylic acids is 1. The maximum atomic E-state index is 14.4. The Morgan fingerprint density at radius 3 is 2.52 bits per heavy atom. The van der Waals surface area contributed by atoms with Crippen LogP contribution in [0.1, 0.15) is 38.5 Å². The number of morpholine rings is 1. The fraction of sp³-hybridized carbons (Fsp3) is 0.680. The Bertz CT molecular complexity index is 1020. The first-order chi connectivity index (χ1) is 16.0. The van der Waals surface area contributed by atoms with Gasteiger partial charge in [-0.15, -0.1) is 0 Å². The van der Waals surface area contributed by atoms with Crippen molar-refractivity contribution in [1.29, 1.82) is 0 Å². The number of halogens is 1. The van der Waals surface area contributed by atoms with Crippen LogP contribution in [-0.2, 0) is 9.53 Å². The van der Waals surface area contributed by atoms with Gasteiger partial charge in [0.05, 0.1) is 35.5 Å². The molecule has 1 amide bonds. The lowest BCUT2D eigenvalue weighted by Gasteiger charge is -2.56. The van der Waals surface area contributed by atoms with E-state index in [2.05, 4.69) is 4.90 Å². The third-order valence-corrected chi connectivity index (χ3v) is 9.92. The average molecular weight is 490 g/mol. The first kappa shape index (κ1) is 22.1. The highest BCUT2D eigenvalue weighted by molar-refractivity contribution is 7.23. The number of hydrogen-bond acceptors (Lipinski definition) is 6. The van der Waals surface area contributed by atoms with Crippen LogP contribution in [0, 0.1) is 23.2 Å². The van der Waals surface area contributed by atoms with Crippen LogP contribution in [0.25, 0.3) is 10.2 Å². The lowest BCUT2D eigenvalue weighted by atomic mass is 9.49. The number of benzene rings is 1. The summed E-state index contributed by atoms with van der Waals surface area (Å²) in [5, 5.41) is 1.41. The molecule has 0 atom stereocenters. The molecule has 4 bridgehead atoms. The molecule has 2 aromatic rings. The summed E-state index contributed by atoms with van der Waals surface area (Å²) in [7, 11) is 1.65. The zero-order valence-corrected chi connectivity index (χ0v) is 20.8. The smallest absolute Gasteiger partial charge is 0.235 e. The number of ether oxygens (including phenoxy) is 2. The summed E-state index contributed by atoms with van der Waals surface area (Å²) in [6.07, 6.45) is 7.15. The quantitative estimate of drug-likeness (QED) is 0.581. The molecule has 4 aliphatic carbocycles. The maximum Gasteiger partial charge on any atom is 0.235 e. The lowest BCUT2D eigenvalue weighted by Crippen LogP contribution is -2.56. The summed E-state index contributed by atoms with van der Waals surface area (Å²) in [6, 6.07) is 3.71. The summed E-state index contributed by atoms with van der Waals surface area (Å²) in [4.78, 5) is 23.7. The Balaban J connectivity index is 1.35. The molecular weight excluding hydrogens is 458 g/mol. The molecule has 4 saturated carbocycles. The SMILES string of the molecule is COc1ccc(Cl)c2sc(N(CCN3CCOCC3)C(=O)C34CC5CC(CC(C5)C3)C4)nc12. The van der Waals surface area contributed by atoms with Crippen molar-refractivity contribution in [3.05, 3.63) is 17.2 Å². The second-order valence-electron chi connectivity index (χ2n) is 10.5. The molecule has 8 heteroatoms. The van der Waals surface area contributed by atoms with Crippen molar-refractivity contribution in [3.63, 3.8) is 0 Å². The van der Waals surface area contributed by atoms with Gasteiger partial charge in [0.15, 0.2) is 5.13 Å². The van der Waals surface area contributed by atoms with Crippen LogP contribution in [0.15, 0.2) is 12.1 Å².